The number of fused-ring (bicyclic) bond motifs is 3. The number of nitrogens with two attached hydrogens (primary N) is 1. The number of hydrogen-bond acceptors (Lipinski definition) is 5. The molecule has 1 atom stereocenters. The van der Waals surface area contributed by atoms with E-state index >= 15 is 0 Å². The van der Waals surface area contributed by atoms with Crippen LogP contribution < -0.4 is 14.6 Å². The molecule has 0 aliphatic carbocycles. The molecule has 156 valence electrons. The van der Waals surface area contributed by atoms with Crippen molar-refractivity contribution in [2.75, 3.05) is 7.11 Å². The Balaban J connectivity index is 1.75. The van der Waals surface area contributed by atoms with Crippen molar-refractivity contribution in [3.8, 4) is 33.8 Å². The van der Waals surface area contributed by atoms with Gasteiger partial charge in [0.2, 0.25) is 10.0 Å². The third-order valence-electron chi connectivity index (χ3n) is 5.36. The quantitative estimate of drug-likeness (QED) is 0.463. The number of primary sulfonamides is 1. The van der Waals surface area contributed by atoms with Crippen LogP contribution in [-0.2, 0) is 10.0 Å². The van der Waals surface area contributed by atoms with Crippen molar-refractivity contribution in [1.82, 2.24) is 0 Å². The highest BCUT2D eigenvalue weighted by molar-refractivity contribution is 7.91. The summed E-state index contributed by atoms with van der Waals surface area (Å²) >= 11 is 1.12. The monoisotopic (exact) mass is 449 g/mol. The summed E-state index contributed by atoms with van der Waals surface area (Å²) in [5.41, 5.74) is 5.18. The maximum atomic E-state index is 12.1. The molecular weight excluding hydrogens is 430 g/mol. The number of thiophene rings is 1. The zero-order chi connectivity index (χ0) is 21.6. The third-order valence-corrected chi connectivity index (χ3v) is 7.79. The van der Waals surface area contributed by atoms with Crippen molar-refractivity contribution in [3.63, 3.8) is 0 Å². The summed E-state index contributed by atoms with van der Waals surface area (Å²) in [7, 11) is -2.18. The standard InChI is InChI=1S/C24H19NO4S2/c1-28-20-8-5-9-21-22(20)18-11-10-16(17-12-13-30-24(17)31(25,26)27)14-19(18)23(29-21)15-6-3-2-4-7-15/h2-14,23H,1H3,(H2,25,26,27). The Labute approximate surface area is 184 Å². The van der Waals surface area contributed by atoms with E-state index in [-0.39, 0.29) is 10.3 Å². The zero-order valence-electron chi connectivity index (χ0n) is 16.6. The second-order valence-corrected chi connectivity index (χ2v) is 9.88. The minimum absolute atomic E-state index is 0.151. The topological polar surface area (TPSA) is 78.6 Å². The van der Waals surface area contributed by atoms with Crippen molar-refractivity contribution < 1.29 is 17.9 Å². The summed E-state index contributed by atoms with van der Waals surface area (Å²) < 4.78 is 36.3. The lowest BCUT2D eigenvalue weighted by atomic mass is 9.87. The summed E-state index contributed by atoms with van der Waals surface area (Å²) in [5, 5.41) is 7.17. The SMILES string of the molecule is COc1cccc2c1-c1ccc(-c3ccsc3S(N)(=O)=O)cc1C(c1ccccc1)O2. The second kappa shape index (κ2) is 7.53. The molecule has 0 radical (unpaired) electrons. The van der Waals surface area contributed by atoms with Gasteiger partial charge in [-0.25, -0.2) is 13.6 Å². The highest BCUT2D eigenvalue weighted by atomic mass is 32.2. The lowest BCUT2D eigenvalue weighted by Crippen LogP contribution is -2.16. The van der Waals surface area contributed by atoms with Gasteiger partial charge in [-0.05, 0) is 46.3 Å². The van der Waals surface area contributed by atoms with Crippen LogP contribution in [0, 0.1) is 0 Å². The van der Waals surface area contributed by atoms with E-state index in [2.05, 4.69) is 0 Å². The first kappa shape index (κ1) is 19.8. The molecule has 1 aliphatic heterocycles. The lowest BCUT2D eigenvalue weighted by molar-refractivity contribution is 0.242. The fourth-order valence-electron chi connectivity index (χ4n) is 4.02. The molecule has 2 N–H and O–H groups in total. The fraction of sp³-hybridized carbons (Fsp3) is 0.0833. The largest absolute Gasteiger partial charge is 0.496 e. The third kappa shape index (κ3) is 3.40. The molecule has 0 spiro atoms. The number of rotatable bonds is 4. The first-order chi connectivity index (χ1) is 15.0. The predicted molar refractivity (Wildman–Crippen MR) is 122 cm³/mol. The van der Waals surface area contributed by atoms with Gasteiger partial charge in [0, 0.05) is 11.1 Å². The highest BCUT2D eigenvalue weighted by Gasteiger charge is 2.30. The van der Waals surface area contributed by atoms with Gasteiger partial charge in [0.15, 0.2) is 0 Å². The number of benzene rings is 3. The molecule has 0 amide bonds. The van der Waals surface area contributed by atoms with Gasteiger partial charge < -0.3 is 9.47 Å². The zero-order valence-corrected chi connectivity index (χ0v) is 18.2. The van der Waals surface area contributed by atoms with Crippen LogP contribution in [0.4, 0.5) is 0 Å². The smallest absolute Gasteiger partial charge is 0.248 e. The van der Waals surface area contributed by atoms with Crippen LogP contribution in [0.25, 0.3) is 22.3 Å². The lowest BCUT2D eigenvalue weighted by Gasteiger charge is -2.30. The number of ether oxygens (including phenoxy) is 2. The van der Waals surface area contributed by atoms with Crippen molar-refractivity contribution in [3.05, 3.63) is 89.3 Å². The van der Waals surface area contributed by atoms with Crippen LogP contribution in [0.3, 0.4) is 0 Å². The average Bonchev–Trinajstić information content (AvgIpc) is 3.29. The van der Waals surface area contributed by atoms with Gasteiger partial charge in [0.1, 0.15) is 21.8 Å². The van der Waals surface area contributed by atoms with Crippen molar-refractivity contribution in [2.24, 2.45) is 5.14 Å². The summed E-state index contributed by atoms with van der Waals surface area (Å²) in [5.74, 6) is 1.47. The van der Waals surface area contributed by atoms with Crippen LogP contribution in [0.15, 0.2) is 82.4 Å². The maximum Gasteiger partial charge on any atom is 0.248 e. The second-order valence-electron chi connectivity index (χ2n) is 7.21. The Morgan fingerprint density at radius 1 is 0.968 bits per heavy atom. The van der Waals surface area contributed by atoms with Gasteiger partial charge in [0.25, 0.3) is 0 Å². The Hall–Kier alpha value is -3.13. The molecule has 7 heteroatoms. The molecule has 0 saturated carbocycles. The molecule has 0 saturated heterocycles. The van der Waals surface area contributed by atoms with Gasteiger partial charge in [-0.1, -0.05) is 48.5 Å². The molecule has 3 aromatic carbocycles. The van der Waals surface area contributed by atoms with E-state index in [0.717, 1.165) is 50.7 Å². The van der Waals surface area contributed by atoms with E-state index in [1.165, 1.54) is 0 Å². The fourth-order valence-corrected chi connectivity index (χ4v) is 5.85. The van der Waals surface area contributed by atoms with E-state index in [9.17, 15) is 8.42 Å². The maximum absolute atomic E-state index is 12.1. The first-order valence-corrected chi connectivity index (χ1v) is 12.0. The summed E-state index contributed by atoms with van der Waals surface area (Å²) in [6.07, 6.45) is -0.340. The van der Waals surface area contributed by atoms with E-state index in [4.69, 9.17) is 14.6 Å². The molecule has 5 nitrogen and oxygen atoms in total. The van der Waals surface area contributed by atoms with E-state index in [1.807, 2.05) is 66.7 Å². The van der Waals surface area contributed by atoms with Crippen molar-refractivity contribution >= 4 is 21.4 Å². The Bertz CT molecular complexity index is 1380. The van der Waals surface area contributed by atoms with Crippen LogP contribution in [0.5, 0.6) is 11.5 Å². The molecule has 2 heterocycles. The van der Waals surface area contributed by atoms with Crippen molar-refractivity contribution in [2.45, 2.75) is 10.3 Å². The van der Waals surface area contributed by atoms with Gasteiger partial charge in [-0.3, -0.25) is 0 Å². The molecule has 1 aliphatic rings. The van der Waals surface area contributed by atoms with Crippen LogP contribution in [0.1, 0.15) is 17.2 Å². The molecule has 1 unspecified atom stereocenters. The molecule has 5 rings (SSSR count). The number of hydrogen-bond donors (Lipinski definition) is 1. The first-order valence-electron chi connectivity index (χ1n) is 9.61. The molecule has 0 bridgehead atoms. The summed E-state index contributed by atoms with van der Waals surface area (Å²) in [6, 6.07) is 23.4. The van der Waals surface area contributed by atoms with Gasteiger partial charge in [0.05, 0.1) is 12.7 Å². The van der Waals surface area contributed by atoms with Gasteiger partial charge in [-0.15, -0.1) is 11.3 Å². The van der Waals surface area contributed by atoms with Gasteiger partial charge in [-0.2, -0.15) is 0 Å². The Morgan fingerprint density at radius 3 is 2.52 bits per heavy atom. The minimum Gasteiger partial charge on any atom is -0.496 e. The molecule has 31 heavy (non-hydrogen) atoms. The normalized spacial score (nSPS) is 15.0. The van der Waals surface area contributed by atoms with Crippen LogP contribution in [0.2, 0.25) is 0 Å². The van der Waals surface area contributed by atoms with Crippen LogP contribution in [-0.4, -0.2) is 15.5 Å². The molecular formula is C24H19NO4S2. The van der Waals surface area contributed by atoms with E-state index in [0.29, 0.717) is 5.56 Å². The molecule has 0 fully saturated rings. The Morgan fingerprint density at radius 2 is 1.77 bits per heavy atom. The summed E-state index contributed by atoms with van der Waals surface area (Å²) in [4.78, 5) is 0. The summed E-state index contributed by atoms with van der Waals surface area (Å²) in [6.45, 7) is 0. The van der Waals surface area contributed by atoms with Crippen LogP contribution >= 0.6 is 11.3 Å². The van der Waals surface area contributed by atoms with E-state index in [1.54, 1.807) is 18.6 Å². The molecule has 1 aromatic heterocycles. The number of methoxy groups -OCH3 is 1. The highest BCUT2D eigenvalue weighted by Crippen LogP contribution is 2.50. The minimum atomic E-state index is -3.82. The Kier molecular flexibility index (Phi) is 4.81. The molecule has 4 aromatic rings. The van der Waals surface area contributed by atoms with Gasteiger partial charge >= 0.3 is 0 Å². The number of sulfonamides is 1. The van der Waals surface area contributed by atoms with E-state index < -0.39 is 10.0 Å². The van der Waals surface area contributed by atoms with Crippen molar-refractivity contribution in [1.29, 1.82) is 0 Å². The average molecular weight is 450 g/mol. The predicted octanol–water partition coefficient (Wildman–Crippen LogP) is 5.22.